The summed E-state index contributed by atoms with van der Waals surface area (Å²) in [5.74, 6) is 0.0381. The lowest BCUT2D eigenvalue weighted by atomic mass is 10.3. The van der Waals surface area contributed by atoms with Gasteiger partial charge in [-0.1, -0.05) is 23.1 Å². The maximum atomic E-state index is 12.0. The first-order valence-corrected chi connectivity index (χ1v) is 9.68. The number of hydrogen-bond acceptors (Lipinski definition) is 8. The molecule has 0 spiro atoms. The van der Waals surface area contributed by atoms with Crippen molar-refractivity contribution in [3.63, 3.8) is 0 Å². The van der Waals surface area contributed by atoms with Crippen molar-refractivity contribution in [1.29, 1.82) is 0 Å². The minimum Gasteiger partial charge on any atom is -0.497 e. The van der Waals surface area contributed by atoms with Crippen LogP contribution in [0.4, 0.5) is 10.8 Å². The zero-order valence-corrected chi connectivity index (χ0v) is 16.3. The fourth-order valence-electron chi connectivity index (χ4n) is 2.17. The Kier molecular flexibility index (Phi) is 6.09. The molecule has 2 N–H and O–H groups in total. The zero-order valence-electron chi connectivity index (χ0n) is 14.6. The van der Waals surface area contributed by atoms with Gasteiger partial charge in [-0.3, -0.25) is 14.9 Å². The zero-order chi connectivity index (χ0) is 19.2. The van der Waals surface area contributed by atoms with Crippen molar-refractivity contribution in [1.82, 2.24) is 20.1 Å². The van der Waals surface area contributed by atoms with Crippen LogP contribution in [-0.2, 0) is 11.8 Å². The SMILES string of the molecule is COc1ccc(Nc2nnc(SCC(=O)NC(=O)c3cccn3C)s2)cc1. The van der Waals surface area contributed by atoms with Crippen molar-refractivity contribution in [2.45, 2.75) is 4.34 Å². The number of ether oxygens (including phenoxy) is 1. The number of nitrogens with one attached hydrogen (secondary N) is 2. The molecule has 0 saturated heterocycles. The summed E-state index contributed by atoms with van der Waals surface area (Å²) in [5, 5.41) is 14.2. The lowest BCUT2D eigenvalue weighted by Crippen LogP contribution is -2.32. The van der Waals surface area contributed by atoms with Gasteiger partial charge in [-0.2, -0.15) is 0 Å². The molecule has 2 heterocycles. The van der Waals surface area contributed by atoms with Gasteiger partial charge in [0, 0.05) is 18.9 Å². The molecule has 2 aromatic heterocycles. The van der Waals surface area contributed by atoms with Gasteiger partial charge >= 0.3 is 0 Å². The molecule has 0 radical (unpaired) electrons. The summed E-state index contributed by atoms with van der Waals surface area (Å²) in [5.41, 5.74) is 1.28. The van der Waals surface area contributed by atoms with E-state index in [9.17, 15) is 9.59 Å². The summed E-state index contributed by atoms with van der Waals surface area (Å²) < 4.78 is 7.40. The van der Waals surface area contributed by atoms with Gasteiger partial charge in [0.25, 0.3) is 5.91 Å². The van der Waals surface area contributed by atoms with E-state index in [0.29, 0.717) is 15.2 Å². The molecular formula is C17H17N5O3S2. The number of amides is 2. The molecule has 0 aliphatic rings. The largest absolute Gasteiger partial charge is 0.497 e. The summed E-state index contributed by atoms with van der Waals surface area (Å²) in [6.07, 6.45) is 1.74. The van der Waals surface area contributed by atoms with Crippen molar-refractivity contribution in [2.75, 3.05) is 18.2 Å². The molecule has 0 aliphatic carbocycles. The standard InChI is InChI=1S/C17H17N5O3S2/c1-22-9-3-4-13(22)15(24)19-14(23)10-26-17-21-20-16(27-17)18-11-5-7-12(25-2)8-6-11/h3-9H,10H2,1-2H3,(H,18,20)(H,19,23,24). The van der Waals surface area contributed by atoms with Crippen LogP contribution in [0, 0.1) is 0 Å². The van der Waals surface area contributed by atoms with Crippen LogP contribution in [0.5, 0.6) is 5.75 Å². The molecule has 10 heteroatoms. The van der Waals surface area contributed by atoms with Crippen molar-refractivity contribution in [3.05, 3.63) is 48.3 Å². The van der Waals surface area contributed by atoms with Gasteiger partial charge in [0.05, 0.1) is 12.9 Å². The van der Waals surface area contributed by atoms with Crippen molar-refractivity contribution in [2.24, 2.45) is 7.05 Å². The van der Waals surface area contributed by atoms with Gasteiger partial charge in [-0.25, -0.2) is 0 Å². The normalized spacial score (nSPS) is 10.4. The van der Waals surface area contributed by atoms with E-state index in [0.717, 1.165) is 11.4 Å². The number of carbonyl (C=O) groups is 2. The Morgan fingerprint density at radius 3 is 2.67 bits per heavy atom. The molecule has 8 nitrogen and oxygen atoms in total. The third-order valence-electron chi connectivity index (χ3n) is 3.50. The van der Waals surface area contributed by atoms with E-state index in [4.69, 9.17) is 4.74 Å². The lowest BCUT2D eigenvalue weighted by molar-refractivity contribution is -0.117. The quantitative estimate of drug-likeness (QED) is 0.585. The smallest absolute Gasteiger partial charge is 0.274 e. The number of nitrogens with zero attached hydrogens (tertiary/aromatic N) is 3. The molecule has 1 aromatic carbocycles. The summed E-state index contributed by atoms with van der Waals surface area (Å²) in [6, 6.07) is 10.8. The molecule has 0 atom stereocenters. The molecule has 2 amide bonds. The molecule has 0 bridgehead atoms. The van der Waals surface area contributed by atoms with Crippen LogP contribution in [0.2, 0.25) is 0 Å². The predicted octanol–water partition coefficient (Wildman–Crippen LogP) is 2.68. The topological polar surface area (TPSA) is 98.1 Å². The van der Waals surface area contributed by atoms with E-state index in [1.54, 1.807) is 37.1 Å². The first-order valence-electron chi connectivity index (χ1n) is 7.88. The highest BCUT2D eigenvalue weighted by Crippen LogP contribution is 2.28. The van der Waals surface area contributed by atoms with Gasteiger partial charge < -0.3 is 14.6 Å². The summed E-state index contributed by atoms with van der Waals surface area (Å²) >= 11 is 2.55. The predicted molar refractivity (Wildman–Crippen MR) is 105 cm³/mol. The number of rotatable bonds is 7. The molecule has 0 unspecified atom stereocenters. The number of aromatic nitrogens is 3. The maximum Gasteiger partial charge on any atom is 0.274 e. The van der Waals surface area contributed by atoms with E-state index < -0.39 is 5.91 Å². The third kappa shape index (κ3) is 5.08. The average Bonchev–Trinajstić information content (AvgIpc) is 3.29. The molecule has 3 aromatic rings. The Morgan fingerprint density at radius 2 is 2.00 bits per heavy atom. The van der Waals surface area contributed by atoms with E-state index in [2.05, 4.69) is 20.8 Å². The molecule has 0 saturated carbocycles. The highest BCUT2D eigenvalue weighted by molar-refractivity contribution is 8.01. The summed E-state index contributed by atoms with van der Waals surface area (Å²) in [4.78, 5) is 24.0. The van der Waals surface area contributed by atoms with Gasteiger partial charge in [-0.15, -0.1) is 10.2 Å². The van der Waals surface area contributed by atoms with Gasteiger partial charge in [0.1, 0.15) is 11.4 Å². The second-order valence-corrected chi connectivity index (χ2v) is 7.60. The monoisotopic (exact) mass is 403 g/mol. The van der Waals surface area contributed by atoms with Gasteiger partial charge in [-0.05, 0) is 36.4 Å². The van der Waals surface area contributed by atoms with Crippen molar-refractivity contribution >= 4 is 45.7 Å². The minimum atomic E-state index is -0.424. The van der Waals surface area contributed by atoms with Crippen molar-refractivity contribution in [3.8, 4) is 5.75 Å². The maximum absolute atomic E-state index is 12.0. The fourth-order valence-corrected chi connectivity index (χ4v) is 3.74. The molecule has 27 heavy (non-hydrogen) atoms. The number of methoxy groups -OCH3 is 1. The molecule has 0 aliphatic heterocycles. The molecular weight excluding hydrogens is 386 g/mol. The van der Waals surface area contributed by atoms with Crippen LogP contribution in [0.3, 0.4) is 0 Å². The summed E-state index contributed by atoms with van der Waals surface area (Å²) in [7, 11) is 3.35. The molecule has 0 fully saturated rings. The number of benzene rings is 1. The van der Waals surface area contributed by atoms with Crippen LogP contribution in [0.15, 0.2) is 46.9 Å². The van der Waals surface area contributed by atoms with Crippen molar-refractivity contribution < 1.29 is 14.3 Å². The lowest BCUT2D eigenvalue weighted by Gasteiger charge is -2.04. The minimum absolute atomic E-state index is 0.0767. The van der Waals surface area contributed by atoms with Crippen LogP contribution in [0.1, 0.15) is 10.5 Å². The van der Waals surface area contributed by atoms with Crippen LogP contribution >= 0.6 is 23.1 Å². The average molecular weight is 403 g/mol. The Hall–Kier alpha value is -2.85. The second-order valence-electron chi connectivity index (χ2n) is 5.40. The van der Waals surface area contributed by atoms with Crippen LogP contribution in [0.25, 0.3) is 0 Å². The number of thioether (sulfide) groups is 1. The van der Waals surface area contributed by atoms with E-state index in [1.807, 2.05) is 24.3 Å². The number of anilines is 2. The van der Waals surface area contributed by atoms with E-state index in [1.165, 1.54) is 23.1 Å². The van der Waals surface area contributed by atoms with Crippen LogP contribution < -0.4 is 15.4 Å². The highest BCUT2D eigenvalue weighted by atomic mass is 32.2. The molecule has 3 rings (SSSR count). The van der Waals surface area contributed by atoms with Gasteiger partial charge in [0.2, 0.25) is 11.0 Å². The first-order chi connectivity index (χ1) is 13.0. The molecule has 140 valence electrons. The van der Waals surface area contributed by atoms with Gasteiger partial charge in [0.15, 0.2) is 4.34 Å². The highest BCUT2D eigenvalue weighted by Gasteiger charge is 2.14. The first kappa shape index (κ1) is 18.9. The Labute approximate surface area is 163 Å². The summed E-state index contributed by atoms with van der Waals surface area (Å²) in [6.45, 7) is 0. The Bertz CT molecular complexity index is 936. The third-order valence-corrected chi connectivity index (χ3v) is 5.48. The Morgan fingerprint density at radius 1 is 1.22 bits per heavy atom. The van der Waals surface area contributed by atoms with E-state index in [-0.39, 0.29) is 11.7 Å². The number of hydrogen-bond donors (Lipinski definition) is 2. The van der Waals surface area contributed by atoms with Crippen LogP contribution in [-0.4, -0.2) is 39.4 Å². The Balaban J connectivity index is 1.49. The number of imide groups is 1. The second kappa shape index (κ2) is 8.69. The number of aryl methyl sites for hydroxylation is 1. The number of carbonyl (C=O) groups excluding carboxylic acids is 2. The fraction of sp³-hybridized carbons (Fsp3) is 0.176. The van der Waals surface area contributed by atoms with E-state index >= 15 is 0 Å².